The van der Waals surface area contributed by atoms with Gasteiger partial charge in [0.25, 0.3) is 0 Å². The van der Waals surface area contributed by atoms with E-state index in [0.717, 1.165) is 20.7 Å². The van der Waals surface area contributed by atoms with Crippen molar-refractivity contribution in [2.24, 2.45) is 5.73 Å². The van der Waals surface area contributed by atoms with Gasteiger partial charge in [-0.2, -0.15) is 0 Å². The molecule has 0 saturated carbocycles. The highest BCUT2D eigenvalue weighted by molar-refractivity contribution is 9.10. The minimum Gasteiger partial charge on any atom is -0.493 e. The molecule has 0 aliphatic carbocycles. The number of ether oxygens (including phenoxy) is 2. The summed E-state index contributed by atoms with van der Waals surface area (Å²) in [6, 6.07) is 3.72. The van der Waals surface area contributed by atoms with Gasteiger partial charge in [-0.05, 0) is 35.0 Å². The van der Waals surface area contributed by atoms with Crippen LogP contribution in [-0.2, 0) is 0 Å². The molecule has 2 rings (SSSR count). The van der Waals surface area contributed by atoms with Gasteiger partial charge in [-0.25, -0.2) is 4.98 Å². The average molecular weight is 343 g/mol. The van der Waals surface area contributed by atoms with Crippen molar-refractivity contribution < 1.29 is 9.47 Å². The largest absolute Gasteiger partial charge is 0.493 e. The number of nitrogens with two attached hydrogens (primary N) is 1. The summed E-state index contributed by atoms with van der Waals surface area (Å²) in [6.07, 6.45) is 0. The zero-order valence-corrected chi connectivity index (χ0v) is 13.3. The Labute approximate surface area is 124 Å². The molecule has 0 saturated heterocycles. The second kappa shape index (κ2) is 5.90. The monoisotopic (exact) mass is 342 g/mol. The zero-order valence-electron chi connectivity index (χ0n) is 10.9. The molecular formula is C13H15BrN2O2S. The SMILES string of the molecule is COc1cc(Br)c(-c2nc(C(C)N)cs2)cc1OC. The van der Waals surface area contributed by atoms with Crippen molar-refractivity contribution in [1.29, 1.82) is 0 Å². The van der Waals surface area contributed by atoms with Crippen molar-refractivity contribution in [3.05, 3.63) is 27.7 Å². The van der Waals surface area contributed by atoms with Crippen molar-refractivity contribution >= 4 is 27.3 Å². The molecule has 6 heteroatoms. The van der Waals surface area contributed by atoms with Gasteiger partial charge in [0.2, 0.25) is 0 Å². The first-order valence-electron chi connectivity index (χ1n) is 5.69. The standard InChI is InChI=1S/C13H15BrN2O2S/c1-7(15)10-6-19-13(16-10)8-4-11(17-2)12(18-3)5-9(8)14/h4-7H,15H2,1-3H3. The first kappa shape index (κ1) is 14.3. The lowest BCUT2D eigenvalue weighted by molar-refractivity contribution is 0.355. The van der Waals surface area contributed by atoms with Crippen molar-refractivity contribution in [2.45, 2.75) is 13.0 Å². The van der Waals surface area contributed by atoms with E-state index in [2.05, 4.69) is 20.9 Å². The van der Waals surface area contributed by atoms with Gasteiger partial charge in [-0.1, -0.05) is 0 Å². The Morgan fingerprint density at radius 3 is 2.42 bits per heavy atom. The molecule has 19 heavy (non-hydrogen) atoms. The normalized spacial score (nSPS) is 12.3. The minimum absolute atomic E-state index is 0.0658. The van der Waals surface area contributed by atoms with Gasteiger partial charge in [0.1, 0.15) is 5.01 Å². The maximum atomic E-state index is 5.83. The van der Waals surface area contributed by atoms with E-state index in [1.807, 2.05) is 24.4 Å². The van der Waals surface area contributed by atoms with Crippen LogP contribution in [0.25, 0.3) is 10.6 Å². The first-order valence-corrected chi connectivity index (χ1v) is 7.37. The Bertz CT molecular complexity index is 584. The van der Waals surface area contributed by atoms with E-state index in [4.69, 9.17) is 15.2 Å². The number of hydrogen-bond acceptors (Lipinski definition) is 5. The highest BCUT2D eigenvalue weighted by Crippen LogP contribution is 2.39. The third kappa shape index (κ3) is 2.91. The molecule has 1 aromatic carbocycles. The van der Waals surface area contributed by atoms with Gasteiger partial charge >= 0.3 is 0 Å². The number of methoxy groups -OCH3 is 2. The molecule has 0 aliphatic heterocycles. The van der Waals surface area contributed by atoms with E-state index in [1.54, 1.807) is 25.6 Å². The highest BCUT2D eigenvalue weighted by Gasteiger charge is 2.14. The van der Waals surface area contributed by atoms with Gasteiger partial charge in [-0.3, -0.25) is 0 Å². The van der Waals surface area contributed by atoms with Crippen LogP contribution in [0.4, 0.5) is 0 Å². The molecular weight excluding hydrogens is 328 g/mol. The number of aromatic nitrogens is 1. The molecule has 1 unspecified atom stereocenters. The van der Waals surface area contributed by atoms with Gasteiger partial charge in [0.15, 0.2) is 11.5 Å². The van der Waals surface area contributed by atoms with Crippen LogP contribution >= 0.6 is 27.3 Å². The van der Waals surface area contributed by atoms with Crippen LogP contribution in [0.5, 0.6) is 11.5 Å². The fourth-order valence-corrected chi connectivity index (χ4v) is 3.23. The minimum atomic E-state index is -0.0658. The second-order valence-electron chi connectivity index (χ2n) is 4.05. The predicted octanol–water partition coefficient (Wildman–Crippen LogP) is 3.61. The second-order valence-corrected chi connectivity index (χ2v) is 5.77. The molecule has 1 atom stereocenters. The lowest BCUT2D eigenvalue weighted by Gasteiger charge is -2.10. The predicted molar refractivity (Wildman–Crippen MR) is 81.0 cm³/mol. The molecule has 4 nitrogen and oxygen atoms in total. The van der Waals surface area contributed by atoms with Crippen LogP contribution in [0, 0.1) is 0 Å². The van der Waals surface area contributed by atoms with Gasteiger partial charge < -0.3 is 15.2 Å². The summed E-state index contributed by atoms with van der Waals surface area (Å²) in [5.74, 6) is 1.36. The molecule has 0 spiro atoms. The molecule has 2 N–H and O–H groups in total. The van der Waals surface area contributed by atoms with E-state index < -0.39 is 0 Å². The summed E-state index contributed by atoms with van der Waals surface area (Å²) in [5.41, 5.74) is 7.69. The van der Waals surface area contributed by atoms with Crippen LogP contribution in [0.3, 0.4) is 0 Å². The molecule has 1 heterocycles. The Morgan fingerprint density at radius 1 is 1.26 bits per heavy atom. The topological polar surface area (TPSA) is 57.4 Å². The fraction of sp³-hybridized carbons (Fsp3) is 0.308. The van der Waals surface area contributed by atoms with Gasteiger partial charge in [0, 0.05) is 21.5 Å². The summed E-state index contributed by atoms with van der Waals surface area (Å²) in [4.78, 5) is 4.54. The van der Waals surface area contributed by atoms with Crippen LogP contribution < -0.4 is 15.2 Å². The van der Waals surface area contributed by atoms with Crippen molar-refractivity contribution in [1.82, 2.24) is 4.98 Å². The van der Waals surface area contributed by atoms with Gasteiger partial charge in [0.05, 0.1) is 19.9 Å². The smallest absolute Gasteiger partial charge is 0.161 e. The average Bonchev–Trinajstić information content (AvgIpc) is 2.87. The summed E-state index contributed by atoms with van der Waals surface area (Å²) >= 11 is 5.09. The fourth-order valence-electron chi connectivity index (χ4n) is 1.64. The number of nitrogens with zero attached hydrogens (tertiary/aromatic N) is 1. The molecule has 0 fully saturated rings. The number of hydrogen-bond donors (Lipinski definition) is 1. The first-order chi connectivity index (χ1) is 9.06. The molecule has 0 bridgehead atoms. The third-order valence-corrected chi connectivity index (χ3v) is 4.24. The zero-order chi connectivity index (χ0) is 14.0. The number of rotatable bonds is 4. The van der Waals surface area contributed by atoms with Crippen molar-refractivity contribution in [2.75, 3.05) is 14.2 Å². The van der Waals surface area contributed by atoms with Gasteiger partial charge in [-0.15, -0.1) is 11.3 Å². The van der Waals surface area contributed by atoms with Crippen molar-refractivity contribution in [3.8, 4) is 22.1 Å². The van der Waals surface area contributed by atoms with E-state index in [0.29, 0.717) is 11.5 Å². The maximum absolute atomic E-state index is 5.83. The van der Waals surface area contributed by atoms with Crippen LogP contribution in [-0.4, -0.2) is 19.2 Å². The number of benzene rings is 1. The van der Waals surface area contributed by atoms with Crippen molar-refractivity contribution in [3.63, 3.8) is 0 Å². The summed E-state index contributed by atoms with van der Waals surface area (Å²) in [5, 5.41) is 2.88. The van der Waals surface area contributed by atoms with E-state index in [1.165, 1.54) is 0 Å². The lowest BCUT2D eigenvalue weighted by Crippen LogP contribution is -2.04. The Kier molecular flexibility index (Phi) is 4.44. The van der Waals surface area contributed by atoms with E-state index in [9.17, 15) is 0 Å². The maximum Gasteiger partial charge on any atom is 0.161 e. The number of halogens is 1. The lowest BCUT2D eigenvalue weighted by atomic mass is 10.2. The molecule has 2 aromatic rings. The summed E-state index contributed by atoms with van der Waals surface area (Å²) < 4.78 is 11.5. The molecule has 102 valence electrons. The molecule has 1 aromatic heterocycles. The third-order valence-electron chi connectivity index (χ3n) is 2.69. The van der Waals surface area contributed by atoms with Crippen LogP contribution in [0.2, 0.25) is 0 Å². The molecule has 0 amide bonds. The Hall–Kier alpha value is -1.11. The van der Waals surface area contributed by atoms with E-state index >= 15 is 0 Å². The van der Waals surface area contributed by atoms with E-state index in [-0.39, 0.29) is 6.04 Å². The molecule has 0 radical (unpaired) electrons. The quantitative estimate of drug-likeness (QED) is 0.921. The van der Waals surface area contributed by atoms with Crippen LogP contribution in [0.15, 0.2) is 22.0 Å². The van der Waals surface area contributed by atoms with Crippen LogP contribution in [0.1, 0.15) is 18.7 Å². The summed E-state index contributed by atoms with van der Waals surface area (Å²) in [7, 11) is 3.23. The summed E-state index contributed by atoms with van der Waals surface area (Å²) in [6.45, 7) is 1.92. The molecule has 0 aliphatic rings. The highest BCUT2D eigenvalue weighted by atomic mass is 79.9. The number of thiazole rings is 1. The Balaban J connectivity index is 2.49. The Morgan fingerprint density at radius 2 is 1.89 bits per heavy atom.